The molecule has 1 unspecified atom stereocenters. The first-order chi connectivity index (χ1) is 12.5. The van der Waals surface area contributed by atoms with Gasteiger partial charge in [-0.1, -0.05) is 89.7 Å². The molecule has 1 atom stereocenters. The van der Waals surface area contributed by atoms with Crippen molar-refractivity contribution in [2.24, 2.45) is 0 Å². The molecule has 1 aliphatic rings. The van der Waals surface area contributed by atoms with Gasteiger partial charge >= 0.3 is 0 Å². The van der Waals surface area contributed by atoms with Crippen LogP contribution in [-0.4, -0.2) is 0 Å². The third kappa shape index (κ3) is 2.99. The van der Waals surface area contributed by atoms with Crippen LogP contribution in [0.5, 0.6) is 0 Å². The zero-order valence-corrected chi connectivity index (χ0v) is 17.5. The molecule has 1 aliphatic heterocycles. The zero-order chi connectivity index (χ0) is 18.4. The summed E-state index contributed by atoms with van der Waals surface area (Å²) in [6.45, 7) is 11.6. The van der Waals surface area contributed by atoms with E-state index in [9.17, 15) is 0 Å². The molecule has 1 heteroatoms. The molecule has 3 aromatic rings. The van der Waals surface area contributed by atoms with Gasteiger partial charge in [0.25, 0.3) is 0 Å². The molecule has 0 N–H and O–H groups in total. The van der Waals surface area contributed by atoms with Gasteiger partial charge in [0.2, 0.25) is 0 Å². The van der Waals surface area contributed by atoms with E-state index in [0.717, 1.165) is 0 Å². The summed E-state index contributed by atoms with van der Waals surface area (Å²) in [6.07, 6.45) is 2.46. The molecule has 0 radical (unpaired) electrons. The molecule has 0 fully saturated rings. The first-order valence-electron chi connectivity index (χ1n) is 9.84. The Morgan fingerprint density at radius 3 is 2.04 bits per heavy atom. The second-order valence-corrected chi connectivity index (χ2v) is 10.5. The van der Waals surface area contributed by atoms with E-state index in [0.29, 0.717) is 11.8 Å². The van der Waals surface area contributed by atoms with E-state index in [-0.39, 0.29) is 7.92 Å². The van der Waals surface area contributed by atoms with Crippen LogP contribution in [0.25, 0.3) is 10.8 Å². The molecular formula is C25H29P. The third-order valence-corrected chi connectivity index (χ3v) is 8.26. The molecule has 0 saturated heterocycles. The van der Waals surface area contributed by atoms with Gasteiger partial charge in [0.15, 0.2) is 0 Å². The van der Waals surface area contributed by atoms with Crippen molar-refractivity contribution in [3.63, 3.8) is 0 Å². The van der Waals surface area contributed by atoms with Crippen LogP contribution in [0.2, 0.25) is 0 Å². The van der Waals surface area contributed by atoms with Crippen LogP contribution in [0.1, 0.15) is 67.3 Å². The van der Waals surface area contributed by atoms with Crippen molar-refractivity contribution in [1.29, 1.82) is 0 Å². The lowest BCUT2D eigenvalue weighted by Gasteiger charge is -2.31. The summed E-state index contributed by atoms with van der Waals surface area (Å²) in [5, 5.41) is 4.65. The third-order valence-electron chi connectivity index (χ3n) is 5.67. The Bertz CT molecular complexity index is 939. The highest BCUT2D eigenvalue weighted by Gasteiger charge is 2.27. The van der Waals surface area contributed by atoms with Crippen LogP contribution in [0.4, 0.5) is 0 Å². The van der Waals surface area contributed by atoms with E-state index in [1.54, 1.807) is 27.6 Å². The highest BCUT2D eigenvalue weighted by Crippen LogP contribution is 2.51. The maximum atomic E-state index is 2.44. The highest BCUT2D eigenvalue weighted by atomic mass is 31.1. The predicted octanol–water partition coefficient (Wildman–Crippen LogP) is 7.22. The number of aryl methyl sites for hydroxylation is 1. The van der Waals surface area contributed by atoms with Crippen molar-refractivity contribution in [2.45, 2.75) is 58.8 Å². The first kappa shape index (κ1) is 17.7. The lowest BCUT2D eigenvalue weighted by molar-refractivity contribution is 0.845. The molecule has 0 spiro atoms. The second-order valence-electron chi connectivity index (χ2n) is 8.39. The summed E-state index contributed by atoms with van der Waals surface area (Å²) in [7, 11) is -0.198. The fourth-order valence-electron chi connectivity index (χ4n) is 4.52. The average Bonchev–Trinajstić information content (AvgIpc) is 2.60. The maximum Gasteiger partial charge on any atom is -0.00232 e. The van der Waals surface area contributed by atoms with Gasteiger partial charge in [-0.25, -0.2) is 0 Å². The van der Waals surface area contributed by atoms with E-state index in [1.165, 1.54) is 28.7 Å². The van der Waals surface area contributed by atoms with Gasteiger partial charge < -0.3 is 0 Å². The van der Waals surface area contributed by atoms with Crippen LogP contribution < -0.4 is 5.30 Å². The fraction of sp³-hybridized carbons (Fsp3) is 0.360. The first-order valence-corrected chi connectivity index (χ1v) is 11.6. The largest absolute Gasteiger partial charge is 0.0657 e. The Kier molecular flexibility index (Phi) is 4.66. The number of hydrogen-bond donors (Lipinski definition) is 0. The van der Waals surface area contributed by atoms with Crippen molar-refractivity contribution in [3.05, 3.63) is 76.3 Å². The van der Waals surface area contributed by atoms with Crippen LogP contribution in [0, 0.1) is 6.92 Å². The van der Waals surface area contributed by atoms with Gasteiger partial charge in [-0.2, -0.15) is 0 Å². The molecule has 4 rings (SSSR count). The number of benzene rings is 3. The van der Waals surface area contributed by atoms with Gasteiger partial charge in [-0.3, -0.25) is 0 Å². The fourth-order valence-corrected chi connectivity index (χ4v) is 7.68. The highest BCUT2D eigenvalue weighted by molar-refractivity contribution is 7.64. The number of rotatable bonds is 3. The van der Waals surface area contributed by atoms with Crippen molar-refractivity contribution in [1.82, 2.24) is 0 Å². The zero-order valence-electron chi connectivity index (χ0n) is 16.6. The molecule has 26 heavy (non-hydrogen) atoms. The molecule has 0 bridgehead atoms. The molecule has 0 amide bonds. The Morgan fingerprint density at radius 2 is 1.38 bits per heavy atom. The summed E-state index contributed by atoms with van der Waals surface area (Å²) in [4.78, 5) is 0. The molecule has 0 saturated carbocycles. The quantitative estimate of drug-likeness (QED) is 0.433. The SMILES string of the molecule is Cc1cc2c3c(cccc3c1)CP(c1c(C(C)C)cccc1C(C)C)C2. The van der Waals surface area contributed by atoms with Gasteiger partial charge in [-0.15, -0.1) is 0 Å². The smallest absolute Gasteiger partial charge is 0.00232 e. The number of hydrogen-bond acceptors (Lipinski definition) is 0. The van der Waals surface area contributed by atoms with Crippen LogP contribution in [0.15, 0.2) is 48.5 Å². The molecule has 0 nitrogen and oxygen atoms in total. The lowest BCUT2D eigenvalue weighted by atomic mass is 9.95. The second kappa shape index (κ2) is 6.82. The van der Waals surface area contributed by atoms with Crippen LogP contribution >= 0.6 is 7.92 Å². The van der Waals surface area contributed by atoms with Gasteiger partial charge in [0.1, 0.15) is 0 Å². The monoisotopic (exact) mass is 360 g/mol. The molecule has 3 aromatic carbocycles. The summed E-state index contributed by atoms with van der Waals surface area (Å²) in [5.41, 5.74) is 7.67. The Balaban J connectivity index is 1.89. The van der Waals surface area contributed by atoms with E-state index in [4.69, 9.17) is 0 Å². The molecular weight excluding hydrogens is 331 g/mol. The Morgan fingerprint density at radius 1 is 0.769 bits per heavy atom. The van der Waals surface area contributed by atoms with Crippen molar-refractivity contribution in [2.75, 3.05) is 0 Å². The Labute approximate surface area is 159 Å². The van der Waals surface area contributed by atoms with Crippen molar-refractivity contribution in [3.8, 4) is 0 Å². The summed E-state index contributed by atoms with van der Waals surface area (Å²) >= 11 is 0. The molecule has 1 heterocycles. The predicted molar refractivity (Wildman–Crippen MR) is 117 cm³/mol. The Hall–Kier alpha value is -1.65. The molecule has 134 valence electrons. The lowest BCUT2D eigenvalue weighted by Crippen LogP contribution is -2.20. The summed E-state index contributed by atoms with van der Waals surface area (Å²) in [5.74, 6) is 1.17. The topological polar surface area (TPSA) is 0 Å². The minimum absolute atomic E-state index is 0.198. The standard InChI is InChI=1S/C25H29P/c1-16(2)22-10-7-11-23(17(3)4)25(22)26-14-20-9-6-8-19-12-18(5)13-21(15-26)24(19)20/h6-13,16-17H,14-15H2,1-5H3. The van der Waals surface area contributed by atoms with Crippen LogP contribution in [0.3, 0.4) is 0 Å². The van der Waals surface area contributed by atoms with E-state index < -0.39 is 0 Å². The molecule has 0 aromatic heterocycles. The minimum atomic E-state index is -0.198. The van der Waals surface area contributed by atoms with Gasteiger partial charge in [-0.05, 0) is 69.4 Å². The van der Waals surface area contributed by atoms with E-state index in [1.807, 2.05) is 0 Å². The van der Waals surface area contributed by atoms with Crippen molar-refractivity contribution < 1.29 is 0 Å². The van der Waals surface area contributed by atoms with E-state index in [2.05, 4.69) is 83.1 Å². The minimum Gasteiger partial charge on any atom is -0.0657 e. The van der Waals surface area contributed by atoms with Crippen molar-refractivity contribution >= 4 is 24.0 Å². The summed E-state index contributed by atoms with van der Waals surface area (Å²) < 4.78 is 0. The van der Waals surface area contributed by atoms with Crippen LogP contribution in [-0.2, 0) is 12.3 Å². The molecule has 0 aliphatic carbocycles. The average molecular weight is 360 g/mol. The summed E-state index contributed by atoms with van der Waals surface area (Å²) in [6, 6.07) is 18.7. The normalized spacial score (nSPS) is 16.7. The van der Waals surface area contributed by atoms with E-state index >= 15 is 0 Å². The van der Waals surface area contributed by atoms with Gasteiger partial charge in [0.05, 0.1) is 0 Å². The maximum absolute atomic E-state index is 2.44. The van der Waals surface area contributed by atoms with Gasteiger partial charge in [0, 0.05) is 0 Å².